The van der Waals surface area contributed by atoms with Crippen LogP contribution in [-0.4, -0.2) is 111 Å². The number of hydrogen-bond donors (Lipinski definition) is 0. The number of fused-ring (bicyclic) bond motifs is 3. The third-order valence-electron chi connectivity index (χ3n) is 13.7. The zero-order valence-corrected chi connectivity index (χ0v) is 40.5. The summed E-state index contributed by atoms with van der Waals surface area (Å²) in [6.45, 7) is 20.3. The van der Waals surface area contributed by atoms with E-state index >= 15 is 8.78 Å². The highest BCUT2D eigenvalue weighted by Crippen LogP contribution is 2.45. The standard InChI is InChI=1S/C50H63F3N6O5Si/c1-31(2)65(32(3)4,33(5)6)22-16-34-13-11-14-35-23-38(63-30-61-10)24-39(42(34)35)43-41(52)25-40-45(44(43)53)55-47(62-29-50-17-12-19-58(50)27-36(51)26-50)56-46(40)57-20-21-59(37(28-57)15-18-54)48(60)64-49(7,8)9/h11,13-14,23-25,31-33,36-37H,12,15,17,19-21,26-30H2,1-10H3/t36-,37+,50?/m1/s1. The zero-order chi connectivity index (χ0) is 47.0. The van der Waals surface area contributed by atoms with E-state index in [-0.39, 0.29) is 73.3 Å². The summed E-state index contributed by atoms with van der Waals surface area (Å²) in [7, 11) is -0.733. The van der Waals surface area contributed by atoms with Crippen LogP contribution in [0.15, 0.2) is 36.4 Å². The first kappa shape index (κ1) is 47.9. The SMILES string of the molecule is COCOc1cc(-c2c(F)cc3c(N4CCN(C(=O)OC(C)(C)C)[C@@H](CC#N)C4)nc(OCC45CCCN4C[C@H](F)C5)nc3c2F)c2c(C#C[Si](C(C)C)(C(C)C)C(C)C)cccc2c1. The molecule has 3 aliphatic rings. The normalized spacial score (nSPS) is 20.4. The molecule has 0 radical (unpaired) electrons. The molecule has 0 aliphatic carbocycles. The fourth-order valence-corrected chi connectivity index (χ4v) is 16.0. The minimum absolute atomic E-state index is 0.0212. The summed E-state index contributed by atoms with van der Waals surface area (Å²) in [4.78, 5) is 28.3. The van der Waals surface area contributed by atoms with Gasteiger partial charge in [-0.25, -0.2) is 18.0 Å². The summed E-state index contributed by atoms with van der Waals surface area (Å²) in [5, 5.41) is 11.2. The molecule has 65 heavy (non-hydrogen) atoms. The maximum absolute atomic E-state index is 17.9. The average molecular weight is 913 g/mol. The molecule has 3 atom stereocenters. The molecule has 0 bridgehead atoms. The van der Waals surface area contributed by atoms with E-state index < -0.39 is 49.2 Å². The van der Waals surface area contributed by atoms with Gasteiger partial charge in [-0.1, -0.05) is 59.6 Å². The van der Waals surface area contributed by atoms with Gasteiger partial charge in [0.1, 0.15) is 49.4 Å². The Morgan fingerprint density at radius 2 is 1.74 bits per heavy atom. The number of ether oxygens (including phenoxy) is 4. The number of carbonyl (C=O) groups is 1. The molecular formula is C50H63F3N6O5Si. The summed E-state index contributed by atoms with van der Waals surface area (Å²) in [6, 6.07) is 11.7. The molecule has 1 amide bonds. The van der Waals surface area contributed by atoms with Crippen molar-refractivity contribution in [2.45, 2.75) is 128 Å². The number of nitrogens with zero attached hydrogens (tertiary/aromatic N) is 6. The molecule has 0 N–H and O–H groups in total. The van der Waals surface area contributed by atoms with Crippen molar-refractivity contribution in [3.63, 3.8) is 0 Å². The van der Waals surface area contributed by atoms with Crippen LogP contribution in [0.4, 0.5) is 23.8 Å². The number of rotatable bonds is 12. The number of aromatic nitrogens is 2. The van der Waals surface area contributed by atoms with Crippen molar-refractivity contribution in [1.29, 1.82) is 5.26 Å². The van der Waals surface area contributed by atoms with Crippen molar-refractivity contribution >= 4 is 41.7 Å². The Balaban J connectivity index is 1.42. The molecular weight excluding hydrogens is 850 g/mol. The molecule has 0 spiro atoms. The van der Waals surface area contributed by atoms with Crippen LogP contribution < -0.4 is 14.4 Å². The van der Waals surface area contributed by atoms with E-state index in [1.165, 1.54) is 18.1 Å². The summed E-state index contributed by atoms with van der Waals surface area (Å²) < 4.78 is 73.3. The summed E-state index contributed by atoms with van der Waals surface area (Å²) in [5.74, 6) is 2.27. The lowest BCUT2D eigenvalue weighted by molar-refractivity contribution is 0.0145. The molecule has 4 aromatic rings. The van der Waals surface area contributed by atoms with E-state index in [1.54, 1.807) is 26.8 Å². The van der Waals surface area contributed by atoms with Gasteiger partial charge >= 0.3 is 12.1 Å². The highest BCUT2D eigenvalue weighted by Gasteiger charge is 2.49. The van der Waals surface area contributed by atoms with Gasteiger partial charge in [0, 0.05) is 61.6 Å². The quantitative estimate of drug-likeness (QED) is 0.0773. The molecule has 3 fully saturated rings. The van der Waals surface area contributed by atoms with Gasteiger partial charge in [-0.15, -0.1) is 5.54 Å². The Labute approximate surface area is 382 Å². The van der Waals surface area contributed by atoms with Crippen molar-refractivity contribution in [3.8, 4) is 40.4 Å². The Morgan fingerprint density at radius 1 is 1.00 bits per heavy atom. The van der Waals surface area contributed by atoms with E-state index in [1.807, 2.05) is 29.2 Å². The van der Waals surface area contributed by atoms with Crippen LogP contribution in [-0.2, 0) is 9.47 Å². The third kappa shape index (κ3) is 9.47. The maximum atomic E-state index is 17.9. The zero-order valence-electron chi connectivity index (χ0n) is 39.5. The first-order chi connectivity index (χ1) is 30.8. The molecule has 7 rings (SSSR count). The summed E-state index contributed by atoms with van der Waals surface area (Å²) in [6.07, 6.45) is 0.345. The van der Waals surface area contributed by atoms with Crippen molar-refractivity contribution in [3.05, 3.63) is 53.6 Å². The molecule has 3 aliphatic heterocycles. The van der Waals surface area contributed by atoms with Crippen LogP contribution >= 0.6 is 0 Å². The fourth-order valence-electron chi connectivity index (χ4n) is 10.8. The minimum atomic E-state index is -2.23. The smallest absolute Gasteiger partial charge is 0.410 e. The van der Waals surface area contributed by atoms with Gasteiger partial charge in [0.15, 0.2) is 12.6 Å². The van der Waals surface area contributed by atoms with Crippen molar-refractivity contribution in [1.82, 2.24) is 19.8 Å². The highest BCUT2D eigenvalue weighted by atomic mass is 28.3. The maximum Gasteiger partial charge on any atom is 0.410 e. The lowest BCUT2D eigenvalue weighted by Gasteiger charge is -2.41. The number of piperazine rings is 1. The molecule has 15 heteroatoms. The number of amides is 1. The second kappa shape index (κ2) is 19.0. The topological polar surface area (TPSA) is 113 Å². The van der Waals surface area contributed by atoms with Gasteiger partial charge in [-0.2, -0.15) is 15.2 Å². The largest absolute Gasteiger partial charge is 0.468 e. The second-order valence-corrected chi connectivity index (χ2v) is 25.4. The second-order valence-electron chi connectivity index (χ2n) is 19.8. The molecule has 3 saturated heterocycles. The first-order valence-electron chi connectivity index (χ1n) is 22.9. The average Bonchev–Trinajstić information content (AvgIpc) is 3.76. The molecule has 3 aromatic carbocycles. The fraction of sp³-hybridized carbons (Fsp3) is 0.560. The number of benzene rings is 3. The number of halogens is 3. The van der Waals surface area contributed by atoms with Gasteiger partial charge in [0.25, 0.3) is 0 Å². The lowest BCUT2D eigenvalue weighted by atomic mass is 9.93. The van der Waals surface area contributed by atoms with E-state index in [4.69, 9.17) is 23.9 Å². The van der Waals surface area contributed by atoms with Gasteiger partial charge in [-0.05, 0) is 86.4 Å². The number of hydrogen-bond acceptors (Lipinski definition) is 10. The third-order valence-corrected chi connectivity index (χ3v) is 19.9. The number of alkyl halides is 1. The minimum Gasteiger partial charge on any atom is -0.468 e. The molecule has 4 heterocycles. The van der Waals surface area contributed by atoms with Crippen LogP contribution in [0.1, 0.15) is 93.6 Å². The number of methoxy groups -OCH3 is 1. The number of anilines is 1. The van der Waals surface area contributed by atoms with Crippen LogP contribution in [0.2, 0.25) is 16.6 Å². The molecule has 0 saturated carbocycles. The van der Waals surface area contributed by atoms with Crippen LogP contribution in [0.25, 0.3) is 32.8 Å². The summed E-state index contributed by atoms with van der Waals surface area (Å²) >= 11 is 0. The van der Waals surface area contributed by atoms with E-state index in [0.717, 1.165) is 19.4 Å². The summed E-state index contributed by atoms with van der Waals surface area (Å²) in [5.41, 5.74) is 3.90. The van der Waals surface area contributed by atoms with Crippen LogP contribution in [0.5, 0.6) is 11.8 Å². The first-order valence-corrected chi connectivity index (χ1v) is 25.1. The molecule has 1 aromatic heterocycles. The Morgan fingerprint density at radius 3 is 2.42 bits per heavy atom. The monoisotopic (exact) mass is 912 g/mol. The van der Waals surface area contributed by atoms with E-state index in [2.05, 4.69) is 69.0 Å². The lowest BCUT2D eigenvalue weighted by Crippen LogP contribution is -2.56. The highest BCUT2D eigenvalue weighted by molar-refractivity contribution is 6.90. The van der Waals surface area contributed by atoms with Crippen LogP contribution in [0.3, 0.4) is 0 Å². The Bertz CT molecular complexity index is 2510. The Kier molecular flexibility index (Phi) is 14.0. The molecule has 348 valence electrons. The van der Waals surface area contributed by atoms with Crippen molar-refractivity contribution in [2.24, 2.45) is 0 Å². The molecule has 1 unspecified atom stereocenters. The van der Waals surface area contributed by atoms with Gasteiger partial charge in [0.2, 0.25) is 0 Å². The van der Waals surface area contributed by atoms with Crippen molar-refractivity contribution < 1.29 is 36.9 Å². The van der Waals surface area contributed by atoms with E-state index in [9.17, 15) is 14.4 Å². The predicted molar refractivity (Wildman–Crippen MR) is 251 cm³/mol. The van der Waals surface area contributed by atoms with Gasteiger partial charge < -0.3 is 28.7 Å². The van der Waals surface area contributed by atoms with E-state index in [0.29, 0.717) is 51.7 Å². The van der Waals surface area contributed by atoms with Crippen molar-refractivity contribution in [2.75, 3.05) is 58.1 Å². The number of carbonyl (C=O) groups excluding carboxylic acids is 1. The Hall–Kier alpha value is -5.09. The predicted octanol–water partition coefficient (Wildman–Crippen LogP) is 10.6. The molecule has 11 nitrogen and oxygen atoms in total. The number of nitriles is 1. The van der Waals surface area contributed by atoms with Gasteiger partial charge in [-0.3, -0.25) is 4.90 Å². The van der Waals surface area contributed by atoms with Gasteiger partial charge in [0.05, 0.1) is 29.6 Å². The van der Waals surface area contributed by atoms with Crippen LogP contribution in [0, 0.1) is 34.4 Å².